The summed E-state index contributed by atoms with van der Waals surface area (Å²) in [5.74, 6) is -2.58. The van der Waals surface area contributed by atoms with Crippen molar-refractivity contribution in [1.29, 1.82) is 0 Å². The van der Waals surface area contributed by atoms with Crippen LogP contribution in [0.5, 0.6) is 0 Å². The first kappa shape index (κ1) is 29.5. The minimum atomic E-state index is -0.994. The van der Waals surface area contributed by atoms with Gasteiger partial charge in [-0.2, -0.15) is 0 Å². The lowest BCUT2D eigenvalue weighted by Crippen LogP contribution is -2.51. The van der Waals surface area contributed by atoms with E-state index in [1.165, 1.54) is 0 Å². The summed E-state index contributed by atoms with van der Waals surface area (Å²) in [5.41, 5.74) is 4.66. The van der Waals surface area contributed by atoms with E-state index in [0.717, 1.165) is 19.3 Å². The van der Waals surface area contributed by atoms with Gasteiger partial charge in [0.15, 0.2) is 5.78 Å². The zero-order valence-corrected chi connectivity index (χ0v) is 24.2. The third-order valence-electron chi connectivity index (χ3n) is 9.23. The molecule has 0 aromatic carbocycles. The third kappa shape index (κ3) is 6.51. The topological polar surface area (TPSA) is 115 Å². The summed E-state index contributed by atoms with van der Waals surface area (Å²) < 4.78 is 0. The molecule has 7 nitrogen and oxygen atoms in total. The van der Waals surface area contributed by atoms with Gasteiger partial charge in [-0.05, 0) is 40.4 Å². The maximum absolute atomic E-state index is 14.0. The molecule has 2 amide bonds. The molecule has 1 heterocycles. The molecule has 0 aromatic heterocycles. The van der Waals surface area contributed by atoms with Crippen LogP contribution >= 0.6 is 0 Å². The van der Waals surface area contributed by atoms with Crippen LogP contribution in [-0.4, -0.2) is 46.7 Å². The Morgan fingerprint density at radius 3 is 2.03 bits per heavy atom. The highest BCUT2D eigenvalue weighted by Gasteiger charge is 2.69. The second-order valence-electron chi connectivity index (χ2n) is 14.9. The van der Waals surface area contributed by atoms with Crippen molar-refractivity contribution in [3.63, 3.8) is 0 Å². The Morgan fingerprint density at radius 1 is 0.973 bits per heavy atom. The number of nitrogens with two attached hydrogens (primary N) is 1. The summed E-state index contributed by atoms with van der Waals surface area (Å²) in [6.07, 6.45) is 4.08. The van der Waals surface area contributed by atoms with Crippen LogP contribution in [0.2, 0.25) is 0 Å². The molecule has 2 N–H and O–H groups in total. The summed E-state index contributed by atoms with van der Waals surface area (Å²) in [4.78, 5) is 66.9. The molecule has 0 bridgehead atoms. The molecular weight excluding hydrogens is 468 g/mol. The van der Waals surface area contributed by atoms with Crippen molar-refractivity contribution in [3.8, 4) is 0 Å². The molecule has 0 spiro atoms. The molecule has 3 aliphatic rings. The molecule has 208 valence electrons. The predicted octanol–water partition coefficient (Wildman–Crippen LogP) is 4.35. The molecule has 3 fully saturated rings. The average Bonchev–Trinajstić information content (AvgIpc) is 3.06. The quantitative estimate of drug-likeness (QED) is 0.410. The van der Waals surface area contributed by atoms with Gasteiger partial charge in [-0.1, -0.05) is 74.7 Å². The zero-order chi connectivity index (χ0) is 28.1. The number of likely N-dealkylation sites (tertiary alicyclic amines) is 1. The molecule has 2 aliphatic carbocycles. The standard InChI is InChI=1S/C30H48N2O5/c1-28(2,3)15-19(33)14-20(29(4,5)6)27(37)32-16-21-23(30(21,7)8)24(32)22(34)13-18(25(35)26(31)36)12-17-10-9-11-17/h17-18,20-21,23-24H,9-16H2,1-8H3,(H2,31,36)/t18?,20?,21-,23-,24+/m0/s1. The number of fused-ring (bicyclic) bond motifs is 1. The van der Waals surface area contributed by atoms with Gasteiger partial charge in [0, 0.05) is 37.6 Å². The highest BCUT2D eigenvalue weighted by atomic mass is 16.2. The molecule has 0 radical (unpaired) electrons. The molecule has 3 rings (SSSR count). The second kappa shape index (κ2) is 10.3. The number of primary amides is 1. The summed E-state index contributed by atoms with van der Waals surface area (Å²) >= 11 is 0. The molecule has 37 heavy (non-hydrogen) atoms. The second-order valence-corrected chi connectivity index (χ2v) is 14.9. The largest absolute Gasteiger partial charge is 0.363 e. The van der Waals surface area contributed by atoms with Crippen molar-refractivity contribution in [3.05, 3.63) is 0 Å². The number of carbonyl (C=O) groups is 5. The number of hydrogen-bond donors (Lipinski definition) is 1. The summed E-state index contributed by atoms with van der Waals surface area (Å²) in [6, 6.07) is -0.625. The Morgan fingerprint density at radius 2 is 1.57 bits per heavy atom. The fourth-order valence-corrected chi connectivity index (χ4v) is 6.72. The van der Waals surface area contributed by atoms with Crippen molar-refractivity contribution < 1.29 is 24.0 Å². The lowest BCUT2D eigenvalue weighted by Gasteiger charge is -2.38. The number of amides is 2. The van der Waals surface area contributed by atoms with Gasteiger partial charge in [0.05, 0.1) is 6.04 Å². The number of carbonyl (C=O) groups excluding carboxylic acids is 5. The Bertz CT molecular complexity index is 950. The Hall–Kier alpha value is -2.05. The van der Waals surface area contributed by atoms with Crippen molar-refractivity contribution in [1.82, 2.24) is 4.90 Å². The van der Waals surface area contributed by atoms with E-state index in [2.05, 4.69) is 13.8 Å². The van der Waals surface area contributed by atoms with Crippen molar-refractivity contribution >= 4 is 29.2 Å². The number of nitrogens with zero attached hydrogens (tertiary/aromatic N) is 1. The summed E-state index contributed by atoms with van der Waals surface area (Å²) in [5, 5.41) is 0. The maximum Gasteiger partial charge on any atom is 0.285 e. The van der Waals surface area contributed by atoms with Crippen LogP contribution in [-0.2, 0) is 24.0 Å². The van der Waals surface area contributed by atoms with E-state index in [1.807, 2.05) is 41.5 Å². The van der Waals surface area contributed by atoms with E-state index < -0.39 is 35.0 Å². The number of piperidine rings is 1. The SMILES string of the molecule is CC(C)(C)CC(=O)CC(C(=O)N1C[C@H]2[C@@H]([C@H]1C(=O)CC(CC1CCC1)C(=O)C(N)=O)C2(C)C)C(C)(C)C. The van der Waals surface area contributed by atoms with Crippen LogP contribution in [0.3, 0.4) is 0 Å². The zero-order valence-electron chi connectivity index (χ0n) is 24.2. The monoisotopic (exact) mass is 516 g/mol. The molecule has 7 heteroatoms. The molecule has 5 atom stereocenters. The van der Waals surface area contributed by atoms with Crippen LogP contribution in [0.1, 0.15) is 100 Å². The lowest BCUT2D eigenvalue weighted by atomic mass is 9.74. The van der Waals surface area contributed by atoms with Gasteiger partial charge in [0.1, 0.15) is 5.78 Å². The minimum absolute atomic E-state index is 0.0304. The van der Waals surface area contributed by atoms with Gasteiger partial charge in [-0.3, -0.25) is 24.0 Å². The maximum atomic E-state index is 14.0. The fraction of sp³-hybridized carbons (Fsp3) is 0.833. The number of hydrogen-bond acceptors (Lipinski definition) is 5. The van der Waals surface area contributed by atoms with E-state index in [4.69, 9.17) is 5.73 Å². The third-order valence-corrected chi connectivity index (χ3v) is 9.23. The van der Waals surface area contributed by atoms with Crippen LogP contribution in [0.25, 0.3) is 0 Å². The molecule has 2 unspecified atom stereocenters. The predicted molar refractivity (Wildman–Crippen MR) is 142 cm³/mol. The molecule has 0 aromatic rings. The van der Waals surface area contributed by atoms with Crippen molar-refractivity contribution in [2.24, 2.45) is 51.6 Å². The smallest absolute Gasteiger partial charge is 0.285 e. The minimum Gasteiger partial charge on any atom is -0.363 e. The fourth-order valence-electron chi connectivity index (χ4n) is 6.72. The van der Waals surface area contributed by atoms with E-state index in [0.29, 0.717) is 25.3 Å². The molecule has 1 aliphatic heterocycles. The van der Waals surface area contributed by atoms with Crippen molar-refractivity contribution in [2.45, 2.75) is 106 Å². The van der Waals surface area contributed by atoms with Gasteiger partial charge < -0.3 is 10.6 Å². The van der Waals surface area contributed by atoms with Gasteiger partial charge in [-0.15, -0.1) is 0 Å². The number of Topliss-reactive ketones (excluding diaryl/α,β-unsaturated/α-hetero) is 3. The van der Waals surface area contributed by atoms with E-state index in [9.17, 15) is 24.0 Å². The van der Waals surface area contributed by atoms with Crippen LogP contribution < -0.4 is 5.73 Å². The first-order chi connectivity index (χ1) is 16.8. The Kier molecular flexibility index (Phi) is 8.18. The van der Waals surface area contributed by atoms with Gasteiger partial charge in [0.2, 0.25) is 11.7 Å². The summed E-state index contributed by atoms with van der Waals surface area (Å²) in [7, 11) is 0. The normalized spacial score (nSPS) is 26.6. The van der Waals surface area contributed by atoms with E-state index in [1.54, 1.807) is 4.90 Å². The van der Waals surface area contributed by atoms with Crippen LogP contribution in [0.15, 0.2) is 0 Å². The highest BCUT2D eigenvalue weighted by molar-refractivity contribution is 6.36. The molecular formula is C30H48N2O5. The van der Waals surface area contributed by atoms with Gasteiger partial charge in [0.25, 0.3) is 5.91 Å². The highest BCUT2D eigenvalue weighted by Crippen LogP contribution is 2.65. The molecule has 2 saturated carbocycles. The van der Waals surface area contributed by atoms with E-state index in [-0.39, 0.29) is 53.0 Å². The first-order valence-electron chi connectivity index (χ1n) is 14.0. The van der Waals surface area contributed by atoms with Crippen molar-refractivity contribution in [2.75, 3.05) is 6.54 Å². The molecule has 1 saturated heterocycles. The lowest BCUT2D eigenvalue weighted by molar-refractivity contribution is -0.148. The van der Waals surface area contributed by atoms with Crippen LogP contribution in [0.4, 0.5) is 0 Å². The average molecular weight is 517 g/mol. The van der Waals surface area contributed by atoms with Crippen LogP contribution in [0, 0.1) is 45.8 Å². The Balaban J connectivity index is 1.83. The summed E-state index contributed by atoms with van der Waals surface area (Å²) in [6.45, 7) is 16.7. The number of ketones is 3. The van der Waals surface area contributed by atoms with Gasteiger partial charge in [-0.25, -0.2) is 0 Å². The Labute approximate surface area is 222 Å². The number of rotatable bonds is 11. The first-order valence-corrected chi connectivity index (χ1v) is 14.0. The van der Waals surface area contributed by atoms with E-state index >= 15 is 0 Å². The van der Waals surface area contributed by atoms with Gasteiger partial charge >= 0.3 is 0 Å².